The van der Waals surface area contributed by atoms with Crippen LogP contribution >= 0.6 is 27.7 Å². The Kier molecular flexibility index (Phi) is 7.53. The molecule has 35 heavy (non-hydrogen) atoms. The first kappa shape index (κ1) is 24.1. The molecule has 0 saturated heterocycles. The number of carbonyl (C=O) groups is 1. The van der Waals surface area contributed by atoms with Crippen molar-refractivity contribution in [3.05, 3.63) is 92.9 Å². The van der Waals surface area contributed by atoms with Gasteiger partial charge in [-0.25, -0.2) is 0 Å². The van der Waals surface area contributed by atoms with Crippen LogP contribution in [0.15, 0.2) is 92.0 Å². The number of non-ortho nitro benzene ring substituents is 1. The Morgan fingerprint density at radius 1 is 1.11 bits per heavy atom. The normalized spacial score (nSPS) is 11.2. The Morgan fingerprint density at radius 3 is 2.51 bits per heavy atom. The van der Waals surface area contributed by atoms with Crippen LogP contribution in [0.5, 0.6) is 5.75 Å². The standard InChI is InChI=1S/C23H16BrN5O5S/c1-33-19-11-7-17(8-12-19)25-27-22(20(30)14-5-9-18(10-6-14)29(31)32)35-23-28-26-21(34-23)15-3-2-4-16(24)13-15/h2-13,25H,1H3/b27-22+. The number of anilines is 1. The number of nitrogens with one attached hydrogen (secondary N) is 1. The summed E-state index contributed by atoms with van der Waals surface area (Å²) in [5.41, 5.74) is 4.23. The van der Waals surface area contributed by atoms with E-state index < -0.39 is 10.7 Å². The van der Waals surface area contributed by atoms with Crippen molar-refractivity contribution in [2.45, 2.75) is 5.22 Å². The number of methoxy groups -OCH3 is 1. The molecule has 1 heterocycles. The number of carbonyl (C=O) groups excluding carboxylic acids is 1. The van der Waals surface area contributed by atoms with E-state index in [1.807, 2.05) is 24.3 Å². The number of ketones is 1. The van der Waals surface area contributed by atoms with Crippen LogP contribution in [0.2, 0.25) is 0 Å². The molecular weight excluding hydrogens is 538 g/mol. The molecule has 0 fully saturated rings. The number of Topliss-reactive ketones (excluding diaryl/α,β-unsaturated/α-hetero) is 1. The van der Waals surface area contributed by atoms with Gasteiger partial charge >= 0.3 is 0 Å². The van der Waals surface area contributed by atoms with Crippen molar-refractivity contribution < 1.29 is 18.9 Å². The van der Waals surface area contributed by atoms with Gasteiger partial charge in [-0.1, -0.05) is 22.0 Å². The lowest BCUT2D eigenvalue weighted by Gasteiger charge is -2.06. The Hall–Kier alpha value is -4.03. The highest BCUT2D eigenvalue weighted by Crippen LogP contribution is 2.27. The summed E-state index contributed by atoms with van der Waals surface area (Å²) in [6.07, 6.45) is 0. The predicted molar refractivity (Wildman–Crippen MR) is 135 cm³/mol. The third-order valence-corrected chi connectivity index (χ3v) is 5.88. The number of nitro groups is 1. The number of nitrogens with zero attached hydrogens (tertiary/aromatic N) is 4. The largest absolute Gasteiger partial charge is 0.497 e. The fraction of sp³-hybridized carbons (Fsp3) is 0.0435. The number of hydrazone groups is 1. The highest BCUT2D eigenvalue weighted by molar-refractivity contribution is 9.10. The molecule has 12 heteroatoms. The van der Waals surface area contributed by atoms with Crippen molar-refractivity contribution >= 4 is 49.9 Å². The fourth-order valence-corrected chi connectivity index (χ4v) is 3.90. The number of ether oxygens (including phenoxy) is 1. The van der Waals surface area contributed by atoms with Crippen molar-refractivity contribution in [1.29, 1.82) is 0 Å². The maximum absolute atomic E-state index is 13.2. The number of halogens is 1. The molecule has 0 unspecified atom stereocenters. The first-order chi connectivity index (χ1) is 16.9. The fourth-order valence-electron chi connectivity index (χ4n) is 2.83. The number of thioether (sulfide) groups is 1. The summed E-state index contributed by atoms with van der Waals surface area (Å²) in [5.74, 6) is 0.467. The Labute approximate surface area is 211 Å². The van der Waals surface area contributed by atoms with Crippen molar-refractivity contribution in [2.75, 3.05) is 12.5 Å². The predicted octanol–water partition coefficient (Wildman–Crippen LogP) is 5.82. The van der Waals surface area contributed by atoms with Gasteiger partial charge in [-0.05, 0) is 66.4 Å². The smallest absolute Gasteiger partial charge is 0.283 e. The molecule has 0 bridgehead atoms. The second-order valence-electron chi connectivity index (χ2n) is 6.88. The molecule has 1 aromatic heterocycles. The summed E-state index contributed by atoms with van der Waals surface area (Å²) in [6.45, 7) is 0. The number of benzene rings is 3. The summed E-state index contributed by atoms with van der Waals surface area (Å²) in [4.78, 5) is 23.6. The molecule has 176 valence electrons. The van der Waals surface area contributed by atoms with Crippen molar-refractivity contribution in [3.63, 3.8) is 0 Å². The third kappa shape index (κ3) is 6.11. The van der Waals surface area contributed by atoms with Gasteiger partial charge in [0.1, 0.15) is 5.75 Å². The Bertz CT molecular complexity index is 1390. The summed E-state index contributed by atoms with van der Waals surface area (Å²) in [7, 11) is 1.56. The maximum Gasteiger partial charge on any atom is 0.283 e. The van der Waals surface area contributed by atoms with E-state index in [1.165, 1.54) is 24.3 Å². The molecule has 0 amide bonds. The van der Waals surface area contributed by atoms with Gasteiger partial charge in [0.2, 0.25) is 11.7 Å². The van der Waals surface area contributed by atoms with E-state index in [0.29, 0.717) is 17.0 Å². The van der Waals surface area contributed by atoms with E-state index >= 15 is 0 Å². The second-order valence-corrected chi connectivity index (χ2v) is 8.73. The molecule has 0 spiro atoms. The molecule has 1 N–H and O–H groups in total. The van der Waals surface area contributed by atoms with Crippen LogP contribution in [0.1, 0.15) is 10.4 Å². The lowest BCUT2D eigenvalue weighted by molar-refractivity contribution is -0.384. The van der Waals surface area contributed by atoms with E-state index in [1.54, 1.807) is 31.4 Å². The van der Waals surface area contributed by atoms with Gasteiger partial charge in [0.15, 0.2) is 5.04 Å². The van der Waals surface area contributed by atoms with Crippen LogP contribution in [0.25, 0.3) is 11.5 Å². The number of hydrogen-bond acceptors (Lipinski definition) is 10. The topological polar surface area (TPSA) is 133 Å². The lowest BCUT2D eigenvalue weighted by atomic mass is 10.1. The van der Waals surface area contributed by atoms with Crippen LogP contribution in [0.4, 0.5) is 11.4 Å². The second kappa shape index (κ2) is 10.9. The van der Waals surface area contributed by atoms with Gasteiger partial charge in [0.25, 0.3) is 10.9 Å². The Balaban J connectivity index is 1.61. The highest BCUT2D eigenvalue weighted by Gasteiger charge is 2.21. The van der Waals surface area contributed by atoms with Gasteiger partial charge in [-0.15, -0.1) is 10.2 Å². The molecule has 10 nitrogen and oxygen atoms in total. The zero-order chi connectivity index (χ0) is 24.8. The minimum atomic E-state index is -0.537. The van der Waals surface area contributed by atoms with E-state index in [0.717, 1.165) is 16.2 Å². The highest BCUT2D eigenvalue weighted by atomic mass is 79.9. The van der Waals surface area contributed by atoms with Gasteiger partial charge in [0, 0.05) is 27.7 Å². The monoisotopic (exact) mass is 553 g/mol. The minimum Gasteiger partial charge on any atom is -0.497 e. The summed E-state index contributed by atoms with van der Waals surface area (Å²) in [5, 5.41) is 23.4. The van der Waals surface area contributed by atoms with Crippen LogP contribution in [0, 0.1) is 10.1 Å². The summed E-state index contributed by atoms with van der Waals surface area (Å²) < 4.78 is 11.7. The Morgan fingerprint density at radius 2 is 1.86 bits per heavy atom. The molecule has 0 saturated carbocycles. The van der Waals surface area contributed by atoms with Crippen molar-refractivity contribution in [1.82, 2.24) is 10.2 Å². The molecule has 0 atom stereocenters. The van der Waals surface area contributed by atoms with Crippen LogP contribution in [-0.2, 0) is 0 Å². The van der Waals surface area contributed by atoms with Gasteiger partial charge in [0.05, 0.1) is 17.7 Å². The molecule has 0 aliphatic carbocycles. The van der Waals surface area contributed by atoms with Crippen LogP contribution in [-0.4, -0.2) is 33.1 Å². The molecule has 0 aliphatic heterocycles. The number of aromatic nitrogens is 2. The first-order valence-electron chi connectivity index (χ1n) is 9.97. The SMILES string of the molecule is COc1ccc(N/N=C(/Sc2nnc(-c3cccc(Br)c3)o2)C(=O)c2ccc([N+](=O)[O-])cc2)cc1. The third-order valence-electron chi connectivity index (χ3n) is 4.57. The summed E-state index contributed by atoms with van der Waals surface area (Å²) >= 11 is 4.28. The molecule has 0 radical (unpaired) electrons. The first-order valence-corrected chi connectivity index (χ1v) is 11.6. The van der Waals surface area contributed by atoms with E-state index in [2.05, 4.69) is 36.7 Å². The summed E-state index contributed by atoms with van der Waals surface area (Å²) in [6, 6.07) is 19.5. The van der Waals surface area contributed by atoms with Gasteiger partial charge in [-0.3, -0.25) is 20.3 Å². The van der Waals surface area contributed by atoms with Gasteiger partial charge in [-0.2, -0.15) is 5.10 Å². The van der Waals surface area contributed by atoms with Crippen molar-refractivity contribution in [3.8, 4) is 17.2 Å². The molecule has 3 aromatic carbocycles. The van der Waals surface area contributed by atoms with Crippen LogP contribution in [0.3, 0.4) is 0 Å². The van der Waals surface area contributed by atoms with E-state index in [9.17, 15) is 14.9 Å². The molecule has 4 rings (SSSR count). The van der Waals surface area contributed by atoms with Gasteiger partial charge < -0.3 is 9.15 Å². The van der Waals surface area contributed by atoms with E-state index in [4.69, 9.17) is 9.15 Å². The average molecular weight is 554 g/mol. The molecular formula is C23H16BrN5O5S. The molecule has 0 aliphatic rings. The lowest BCUT2D eigenvalue weighted by Crippen LogP contribution is -2.13. The van der Waals surface area contributed by atoms with E-state index in [-0.39, 0.29) is 27.4 Å². The number of rotatable bonds is 8. The molecule has 4 aromatic rings. The maximum atomic E-state index is 13.2. The number of hydrogen-bond donors (Lipinski definition) is 1. The minimum absolute atomic E-state index is 0.000821. The zero-order valence-electron chi connectivity index (χ0n) is 18.0. The van der Waals surface area contributed by atoms with Crippen LogP contribution < -0.4 is 10.2 Å². The van der Waals surface area contributed by atoms with Crippen molar-refractivity contribution in [2.24, 2.45) is 5.10 Å². The average Bonchev–Trinajstić information content (AvgIpc) is 3.35. The zero-order valence-corrected chi connectivity index (χ0v) is 20.4. The number of nitro benzene ring substituents is 1. The quantitative estimate of drug-likeness (QED) is 0.0715.